The zero-order chi connectivity index (χ0) is 21.6. The van der Waals surface area contributed by atoms with Crippen molar-refractivity contribution in [3.63, 3.8) is 0 Å². The van der Waals surface area contributed by atoms with Gasteiger partial charge in [-0.2, -0.15) is 0 Å². The van der Waals surface area contributed by atoms with E-state index in [0.717, 1.165) is 38.5 Å². The Labute approximate surface area is 180 Å². The third-order valence-electron chi connectivity index (χ3n) is 5.52. The lowest BCUT2D eigenvalue weighted by Gasteiger charge is -2.19. The molecular weight excluding hydrogens is 362 g/mol. The molecule has 0 heterocycles. The Morgan fingerprint density at radius 1 is 0.793 bits per heavy atom. The number of hydrogen-bond donors (Lipinski definition) is 3. The van der Waals surface area contributed by atoms with Gasteiger partial charge in [-0.15, -0.1) is 0 Å². The van der Waals surface area contributed by atoms with Gasteiger partial charge in [-0.1, -0.05) is 109 Å². The van der Waals surface area contributed by atoms with E-state index in [2.05, 4.69) is 19.2 Å². The van der Waals surface area contributed by atoms with E-state index in [1.165, 1.54) is 64.2 Å². The molecule has 29 heavy (non-hydrogen) atoms. The molecule has 4 nitrogen and oxygen atoms in total. The van der Waals surface area contributed by atoms with Crippen LogP contribution in [0.15, 0.2) is 12.2 Å². The molecule has 0 bridgehead atoms. The number of rotatable bonds is 21. The van der Waals surface area contributed by atoms with Crippen molar-refractivity contribution < 1.29 is 15.0 Å². The van der Waals surface area contributed by atoms with Gasteiger partial charge in [0.05, 0.1) is 18.8 Å². The maximum atomic E-state index is 11.9. The van der Waals surface area contributed by atoms with Crippen LogP contribution < -0.4 is 5.32 Å². The largest absolute Gasteiger partial charge is 0.394 e. The molecule has 4 heteroatoms. The van der Waals surface area contributed by atoms with Crippen LogP contribution in [0.25, 0.3) is 0 Å². The fourth-order valence-corrected chi connectivity index (χ4v) is 3.53. The van der Waals surface area contributed by atoms with E-state index < -0.39 is 12.1 Å². The van der Waals surface area contributed by atoms with Crippen molar-refractivity contribution >= 4 is 5.91 Å². The number of aliphatic hydroxyl groups excluding tert-OH is 2. The number of aliphatic hydroxyl groups is 2. The average Bonchev–Trinajstić information content (AvgIpc) is 2.72. The van der Waals surface area contributed by atoms with Crippen LogP contribution in [0.4, 0.5) is 0 Å². The quantitative estimate of drug-likeness (QED) is 0.159. The molecule has 2 atom stereocenters. The third-order valence-corrected chi connectivity index (χ3v) is 5.52. The molecule has 0 saturated carbocycles. The van der Waals surface area contributed by atoms with Crippen LogP contribution in [0.3, 0.4) is 0 Å². The minimum atomic E-state index is -0.827. The van der Waals surface area contributed by atoms with E-state index in [1.54, 1.807) is 6.08 Å². The van der Waals surface area contributed by atoms with E-state index >= 15 is 0 Å². The summed E-state index contributed by atoms with van der Waals surface area (Å²) < 4.78 is 0. The Bertz CT molecular complexity index is 384. The Morgan fingerprint density at radius 3 is 1.79 bits per heavy atom. The molecular formula is C25H49NO3. The number of amides is 1. The van der Waals surface area contributed by atoms with Crippen molar-refractivity contribution in [1.29, 1.82) is 0 Å². The molecule has 1 amide bonds. The van der Waals surface area contributed by atoms with Crippen LogP contribution in [0.5, 0.6) is 0 Å². The molecule has 0 radical (unpaired) electrons. The molecule has 0 aromatic heterocycles. The van der Waals surface area contributed by atoms with Crippen LogP contribution >= 0.6 is 0 Å². The van der Waals surface area contributed by atoms with Gasteiger partial charge in [0.1, 0.15) is 0 Å². The first kappa shape index (κ1) is 28.1. The zero-order valence-electron chi connectivity index (χ0n) is 19.3. The predicted octanol–water partition coefficient (Wildman–Crippen LogP) is 6.05. The normalized spacial score (nSPS) is 13.7. The Balaban J connectivity index is 3.68. The van der Waals surface area contributed by atoms with E-state index in [4.69, 9.17) is 0 Å². The van der Waals surface area contributed by atoms with Gasteiger partial charge < -0.3 is 15.5 Å². The Hall–Kier alpha value is -0.870. The van der Waals surface area contributed by atoms with Crippen LogP contribution in [0.2, 0.25) is 0 Å². The smallest absolute Gasteiger partial charge is 0.220 e. The summed E-state index contributed by atoms with van der Waals surface area (Å²) in [5.74, 6) is -0.0852. The number of carbonyl (C=O) groups is 1. The topological polar surface area (TPSA) is 69.6 Å². The second kappa shape index (κ2) is 21.8. The molecule has 0 saturated heterocycles. The summed E-state index contributed by atoms with van der Waals surface area (Å²) in [7, 11) is 0. The van der Waals surface area contributed by atoms with Crippen LogP contribution in [-0.2, 0) is 4.79 Å². The fourth-order valence-electron chi connectivity index (χ4n) is 3.53. The van der Waals surface area contributed by atoms with Gasteiger partial charge in [-0.3, -0.25) is 4.79 Å². The van der Waals surface area contributed by atoms with Crippen molar-refractivity contribution in [3.8, 4) is 0 Å². The molecule has 0 aliphatic heterocycles. The second-order valence-corrected chi connectivity index (χ2v) is 8.41. The molecule has 3 N–H and O–H groups in total. The minimum Gasteiger partial charge on any atom is -0.394 e. The highest BCUT2D eigenvalue weighted by Crippen LogP contribution is 2.12. The first-order valence-electron chi connectivity index (χ1n) is 12.4. The van der Waals surface area contributed by atoms with Crippen molar-refractivity contribution in [2.45, 2.75) is 135 Å². The predicted molar refractivity (Wildman–Crippen MR) is 124 cm³/mol. The molecule has 0 aliphatic carbocycles. The van der Waals surface area contributed by atoms with Crippen LogP contribution in [-0.4, -0.2) is 34.9 Å². The lowest BCUT2D eigenvalue weighted by atomic mass is 10.0. The summed E-state index contributed by atoms with van der Waals surface area (Å²) in [6.45, 7) is 4.15. The average molecular weight is 412 g/mol. The summed E-state index contributed by atoms with van der Waals surface area (Å²) in [4.78, 5) is 11.9. The summed E-state index contributed by atoms with van der Waals surface area (Å²) in [5.41, 5.74) is 0. The summed E-state index contributed by atoms with van der Waals surface area (Å²) >= 11 is 0. The highest BCUT2D eigenvalue weighted by molar-refractivity contribution is 5.76. The molecule has 0 aliphatic rings. The summed E-state index contributed by atoms with van der Waals surface area (Å²) in [6, 6.07) is -0.609. The number of nitrogens with one attached hydrogen (secondary N) is 1. The first-order chi connectivity index (χ1) is 14.2. The van der Waals surface area contributed by atoms with Gasteiger partial charge in [0.2, 0.25) is 5.91 Å². The monoisotopic (exact) mass is 411 g/mol. The molecule has 0 aromatic carbocycles. The Morgan fingerprint density at radius 2 is 1.28 bits per heavy atom. The van der Waals surface area contributed by atoms with Crippen LogP contribution in [0, 0.1) is 0 Å². The fraction of sp³-hybridized carbons (Fsp3) is 0.880. The van der Waals surface area contributed by atoms with E-state index in [-0.39, 0.29) is 12.5 Å². The maximum absolute atomic E-state index is 11.9. The molecule has 0 aromatic rings. The van der Waals surface area contributed by atoms with Gasteiger partial charge in [-0.05, 0) is 19.3 Å². The first-order valence-corrected chi connectivity index (χ1v) is 12.4. The Kier molecular flexibility index (Phi) is 21.2. The van der Waals surface area contributed by atoms with E-state index in [0.29, 0.717) is 6.42 Å². The summed E-state index contributed by atoms with van der Waals surface area (Å²) in [5, 5.41) is 22.4. The highest BCUT2D eigenvalue weighted by Gasteiger charge is 2.17. The highest BCUT2D eigenvalue weighted by atomic mass is 16.3. The van der Waals surface area contributed by atoms with Gasteiger partial charge in [-0.25, -0.2) is 0 Å². The summed E-state index contributed by atoms with van der Waals surface area (Å²) in [6.07, 6.45) is 23.1. The van der Waals surface area contributed by atoms with Gasteiger partial charge in [0.25, 0.3) is 0 Å². The zero-order valence-corrected chi connectivity index (χ0v) is 19.3. The lowest BCUT2D eigenvalue weighted by Crippen LogP contribution is -2.45. The van der Waals surface area contributed by atoms with Crippen molar-refractivity contribution in [3.05, 3.63) is 12.2 Å². The molecule has 0 spiro atoms. The minimum absolute atomic E-state index is 0.0852. The second-order valence-electron chi connectivity index (χ2n) is 8.41. The number of allylic oxidation sites excluding steroid dienone is 1. The standard InChI is InChI=1S/C25H49NO3/c1-3-5-7-9-10-11-12-13-14-15-16-17-18-20-24(28)23(22-27)26-25(29)21-19-8-6-4-2/h18,20,23-24,27-28H,3-17,19,21-22H2,1-2H3,(H,26,29)/b20-18+/t23-,24+/m0/s1. The maximum Gasteiger partial charge on any atom is 0.220 e. The van der Waals surface area contributed by atoms with Crippen molar-refractivity contribution in [1.82, 2.24) is 5.32 Å². The van der Waals surface area contributed by atoms with E-state index in [9.17, 15) is 15.0 Å². The molecule has 0 unspecified atom stereocenters. The van der Waals surface area contributed by atoms with E-state index in [1.807, 2.05) is 6.08 Å². The third kappa shape index (κ3) is 18.9. The van der Waals surface area contributed by atoms with Crippen LogP contribution in [0.1, 0.15) is 123 Å². The SMILES string of the molecule is CCCCCCCCCCCCC/C=C/[C@@H](O)[C@H](CO)NC(=O)CCCCCC. The number of unbranched alkanes of at least 4 members (excludes halogenated alkanes) is 14. The van der Waals surface area contributed by atoms with Crippen molar-refractivity contribution in [2.75, 3.05) is 6.61 Å². The number of carbonyl (C=O) groups excluding carboxylic acids is 1. The molecule has 0 fully saturated rings. The van der Waals surface area contributed by atoms with Gasteiger partial charge in [0.15, 0.2) is 0 Å². The van der Waals surface area contributed by atoms with Gasteiger partial charge >= 0.3 is 0 Å². The lowest BCUT2D eigenvalue weighted by molar-refractivity contribution is -0.123. The number of hydrogen-bond acceptors (Lipinski definition) is 3. The molecule has 0 rings (SSSR count). The van der Waals surface area contributed by atoms with Gasteiger partial charge in [0, 0.05) is 6.42 Å². The van der Waals surface area contributed by atoms with Crippen molar-refractivity contribution in [2.24, 2.45) is 0 Å². The molecule has 172 valence electrons.